The molecule has 0 saturated carbocycles. The van der Waals surface area contributed by atoms with E-state index in [0.29, 0.717) is 22.9 Å². The monoisotopic (exact) mass is 305 g/mol. The number of carbonyl (C=O) groups excluding carboxylic acids is 1. The van der Waals surface area contributed by atoms with E-state index < -0.39 is 0 Å². The Morgan fingerprint density at radius 1 is 1.43 bits per heavy atom. The van der Waals surface area contributed by atoms with Crippen LogP contribution >= 0.6 is 11.3 Å². The molecule has 1 amide bonds. The third kappa shape index (κ3) is 2.53. The van der Waals surface area contributed by atoms with E-state index in [0.717, 1.165) is 24.2 Å². The lowest BCUT2D eigenvalue weighted by atomic mass is 10.0. The van der Waals surface area contributed by atoms with Gasteiger partial charge >= 0.3 is 0 Å². The molecule has 6 nitrogen and oxygen atoms in total. The maximum Gasteiger partial charge on any atom is 0.277 e. The van der Waals surface area contributed by atoms with Gasteiger partial charge in [-0.05, 0) is 32.1 Å². The third-order valence-corrected chi connectivity index (χ3v) is 4.85. The molecule has 2 heterocycles. The Balaban J connectivity index is 1.83. The molecule has 0 bridgehead atoms. The number of hydrogen-bond donors (Lipinski definition) is 2. The highest BCUT2D eigenvalue weighted by atomic mass is 32.1. The van der Waals surface area contributed by atoms with Gasteiger partial charge in [0.15, 0.2) is 5.13 Å². The summed E-state index contributed by atoms with van der Waals surface area (Å²) < 4.78 is 1.54. The fourth-order valence-electron chi connectivity index (χ4n) is 2.69. The van der Waals surface area contributed by atoms with E-state index in [9.17, 15) is 4.79 Å². The van der Waals surface area contributed by atoms with Gasteiger partial charge in [-0.3, -0.25) is 14.8 Å². The van der Waals surface area contributed by atoms with E-state index in [-0.39, 0.29) is 5.91 Å². The van der Waals surface area contributed by atoms with Crippen LogP contribution in [0.2, 0.25) is 0 Å². The molecule has 21 heavy (non-hydrogen) atoms. The Hall–Kier alpha value is -1.89. The molecule has 0 unspecified atom stereocenters. The Bertz CT molecular complexity index is 664. The number of amides is 1. The first kappa shape index (κ1) is 14.1. The van der Waals surface area contributed by atoms with Crippen LogP contribution in [-0.2, 0) is 26.3 Å². The number of aromatic nitrogens is 3. The second-order valence-electron chi connectivity index (χ2n) is 5.24. The number of nitrogens with two attached hydrogens (primary N) is 1. The van der Waals surface area contributed by atoms with Crippen LogP contribution in [0.15, 0.2) is 0 Å². The van der Waals surface area contributed by atoms with Crippen LogP contribution in [0.3, 0.4) is 0 Å². The third-order valence-electron chi connectivity index (χ3n) is 3.78. The van der Waals surface area contributed by atoms with Gasteiger partial charge in [0.05, 0.1) is 17.1 Å². The van der Waals surface area contributed by atoms with Gasteiger partial charge in [-0.1, -0.05) is 6.92 Å². The van der Waals surface area contributed by atoms with Gasteiger partial charge in [0.1, 0.15) is 5.69 Å². The van der Waals surface area contributed by atoms with Crippen molar-refractivity contribution in [2.45, 2.75) is 39.0 Å². The summed E-state index contributed by atoms with van der Waals surface area (Å²) in [5.74, 6) is -0.242. The molecule has 7 heteroatoms. The second kappa shape index (κ2) is 5.48. The van der Waals surface area contributed by atoms with Crippen molar-refractivity contribution in [1.82, 2.24) is 14.8 Å². The topological polar surface area (TPSA) is 85.8 Å². The Morgan fingerprint density at radius 3 is 2.86 bits per heavy atom. The normalized spacial score (nSPS) is 14.0. The minimum atomic E-state index is -0.242. The number of nitrogens with zero attached hydrogens (tertiary/aromatic N) is 3. The van der Waals surface area contributed by atoms with Crippen molar-refractivity contribution in [3.8, 4) is 0 Å². The minimum absolute atomic E-state index is 0.242. The maximum atomic E-state index is 12.4. The number of thiazole rings is 1. The highest BCUT2D eigenvalue weighted by Gasteiger charge is 2.21. The zero-order valence-corrected chi connectivity index (χ0v) is 13.1. The average molecular weight is 305 g/mol. The van der Waals surface area contributed by atoms with Crippen molar-refractivity contribution in [1.29, 1.82) is 0 Å². The first-order chi connectivity index (χ1) is 10.1. The van der Waals surface area contributed by atoms with Crippen LogP contribution in [0.25, 0.3) is 0 Å². The largest absolute Gasteiger partial charge is 0.395 e. The number of hydrogen-bond acceptors (Lipinski definition) is 5. The van der Waals surface area contributed by atoms with E-state index in [1.54, 1.807) is 18.4 Å². The number of nitrogen functional groups attached to an aromatic ring is 1. The van der Waals surface area contributed by atoms with Crippen LogP contribution < -0.4 is 11.1 Å². The van der Waals surface area contributed by atoms with Crippen LogP contribution in [-0.4, -0.2) is 20.7 Å². The predicted molar refractivity (Wildman–Crippen MR) is 83.7 cm³/mol. The lowest BCUT2D eigenvalue weighted by molar-refractivity contribution is 0.101. The van der Waals surface area contributed by atoms with Crippen molar-refractivity contribution < 1.29 is 4.79 Å². The number of carbonyl (C=O) groups is 1. The van der Waals surface area contributed by atoms with Crippen molar-refractivity contribution in [2.24, 2.45) is 7.05 Å². The highest BCUT2D eigenvalue weighted by molar-refractivity contribution is 7.15. The fraction of sp³-hybridized carbons (Fsp3) is 0.500. The van der Waals surface area contributed by atoms with Gasteiger partial charge in [-0.15, -0.1) is 11.3 Å². The molecule has 0 fully saturated rings. The van der Waals surface area contributed by atoms with Gasteiger partial charge in [0.2, 0.25) is 0 Å². The first-order valence-electron chi connectivity index (χ1n) is 7.21. The summed E-state index contributed by atoms with van der Waals surface area (Å²) in [6.45, 7) is 1.97. The summed E-state index contributed by atoms with van der Waals surface area (Å²) in [6, 6.07) is 0. The molecule has 0 radical (unpaired) electrons. The zero-order valence-electron chi connectivity index (χ0n) is 12.3. The summed E-state index contributed by atoms with van der Waals surface area (Å²) in [4.78, 5) is 18.2. The summed E-state index contributed by atoms with van der Waals surface area (Å²) in [6.07, 6.45) is 5.17. The van der Waals surface area contributed by atoms with Crippen LogP contribution in [0.1, 0.15) is 46.5 Å². The van der Waals surface area contributed by atoms with E-state index in [2.05, 4.69) is 15.4 Å². The summed E-state index contributed by atoms with van der Waals surface area (Å²) in [7, 11) is 1.73. The average Bonchev–Trinajstić information content (AvgIpc) is 2.98. The second-order valence-corrected chi connectivity index (χ2v) is 6.32. The summed E-state index contributed by atoms with van der Waals surface area (Å²) in [5, 5.41) is 7.79. The van der Waals surface area contributed by atoms with Crippen molar-refractivity contribution >= 4 is 28.1 Å². The molecule has 0 atom stereocenters. The fourth-order valence-corrected chi connectivity index (χ4v) is 3.73. The van der Waals surface area contributed by atoms with Crippen LogP contribution in [0.4, 0.5) is 10.8 Å². The molecule has 2 aromatic heterocycles. The number of rotatable bonds is 3. The van der Waals surface area contributed by atoms with E-state index in [4.69, 9.17) is 5.73 Å². The standard InChI is InChI=1S/C14H19N5OS/c1-3-8-11(15)12(19(2)18-8)13(20)17-14-16-9-6-4-5-7-10(9)21-14/h3-7,15H2,1-2H3,(H,16,17,20). The molecular weight excluding hydrogens is 286 g/mol. The number of fused-ring (bicyclic) bond motifs is 1. The van der Waals surface area contributed by atoms with E-state index in [1.165, 1.54) is 22.4 Å². The molecule has 0 aromatic carbocycles. The van der Waals surface area contributed by atoms with Crippen molar-refractivity contribution in [3.63, 3.8) is 0 Å². The molecule has 1 aliphatic carbocycles. The van der Waals surface area contributed by atoms with Crippen molar-refractivity contribution in [2.75, 3.05) is 11.1 Å². The molecule has 1 aliphatic rings. The molecule has 0 aliphatic heterocycles. The molecule has 112 valence electrons. The lowest BCUT2D eigenvalue weighted by Crippen LogP contribution is -2.17. The highest BCUT2D eigenvalue weighted by Crippen LogP contribution is 2.30. The quantitative estimate of drug-likeness (QED) is 0.910. The number of anilines is 2. The van der Waals surface area contributed by atoms with Crippen LogP contribution in [0, 0.1) is 0 Å². The Morgan fingerprint density at radius 2 is 2.19 bits per heavy atom. The molecule has 3 rings (SSSR count). The lowest BCUT2D eigenvalue weighted by Gasteiger charge is -2.06. The van der Waals surface area contributed by atoms with Crippen molar-refractivity contribution in [3.05, 3.63) is 22.0 Å². The SMILES string of the molecule is CCc1nn(C)c(C(=O)Nc2nc3c(s2)CCCC3)c1N. The summed E-state index contributed by atoms with van der Waals surface area (Å²) in [5.41, 5.74) is 8.75. The Labute approximate surface area is 127 Å². The van der Waals surface area contributed by atoms with Gasteiger partial charge in [0.25, 0.3) is 5.91 Å². The van der Waals surface area contributed by atoms with E-state index in [1.807, 2.05) is 6.92 Å². The molecular formula is C14H19N5OS. The minimum Gasteiger partial charge on any atom is -0.395 e. The van der Waals surface area contributed by atoms with Gasteiger partial charge in [-0.2, -0.15) is 5.10 Å². The summed E-state index contributed by atoms with van der Waals surface area (Å²) >= 11 is 1.57. The van der Waals surface area contributed by atoms with Crippen LogP contribution in [0.5, 0.6) is 0 Å². The number of aryl methyl sites for hydroxylation is 4. The van der Waals surface area contributed by atoms with E-state index >= 15 is 0 Å². The molecule has 0 saturated heterocycles. The van der Waals surface area contributed by atoms with Gasteiger partial charge in [0, 0.05) is 11.9 Å². The smallest absolute Gasteiger partial charge is 0.277 e. The molecule has 2 aromatic rings. The molecule has 0 spiro atoms. The maximum absolute atomic E-state index is 12.4. The Kier molecular flexibility index (Phi) is 3.67. The van der Waals surface area contributed by atoms with Gasteiger partial charge < -0.3 is 5.73 Å². The first-order valence-corrected chi connectivity index (χ1v) is 8.03. The van der Waals surface area contributed by atoms with Gasteiger partial charge in [-0.25, -0.2) is 4.98 Å². The molecule has 3 N–H and O–H groups in total. The zero-order chi connectivity index (χ0) is 15.0. The number of nitrogens with one attached hydrogen (secondary N) is 1. The predicted octanol–water partition coefficient (Wildman–Crippen LogP) is 2.15.